The zero-order chi connectivity index (χ0) is 22.6. The minimum absolute atomic E-state index is 0.125. The number of hydrogen-bond acceptors (Lipinski definition) is 4. The van der Waals surface area contributed by atoms with Gasteiger partial charge in [0.2, 0.25) is 11.8 Å². The Morgan fingerprint density at radius 1 is 1.13 bits per heavy atom. The van der Waals surface area contributed by atoms with E-state index in [1.807, 2.05) is 0 Å². The van der Waals surface area contributed by atoms with Gasteiger partial charge in [-0.05, 0) is 42.7 Å². The normalized spacial score (nSPS) is 16.1. The summed E-state index contributed by atoms with van der Waals surface area (Å²) in [5.74, 6) is -0.946. The molecule has 1 unspecified atom stereocenters. The minimum Gasteiger partial charge on any atom is -0.352 e. The van der Waals surface area contributed by atoms with Gasteiger partial charge in [-0.2, -0.15) is 13.2 Å². The van der Waals surface area contributed by atoms with Crippen LogP contribution in [0.3, 0.4) is 0 Å². The Labute approximate surface area is 176 Å². The van der Waals surface area contributed by atoms with E-state index in [0.29, 0.717) is 31.5 Å². The van der Waals surface area contributed by atoms with E-state index >= 15 is 0 Å². The fourth-order valence-electron chi connectivity index (χ4n) is 3.30. The molecule has 1 aliphatic rings. The van der Waals surface area contributed by atoms with Crippen molar-refractivity contribution in [2.24, 2.45) is 0 Å². The van der Waals surface area contributed by atoms with Crippen molar-refractivity contribution in [1.29, 1.82) is 0 Å². The summed E-state index contributed by atoms with van der Waals surface area (Å²) in [5.41, 5.74) is 0.310. The first-order chi connectivity index (χ1) is 14.6. The van der Waals surface area contributed by atoms with Gasteiger partial charge in [0.15, 0.2) is 0 Å². The van der Waals surface area contributed by atoms with Gasteiger partial charge in [-0.25, -0.2) is 4.98 Å². The zero-order valence-corrected chi connectivity index (χ0v) is 16.7. The number of nitrogens with one attached hydrogen (secondary N) is 2. The van der Waals surface area contributed by atoms with Crippen molar-refractivity contribution < 1.29 is 27.6 Å². The van der Waals surface area contributed by atoms with Crippen molar-refractivity contribution in [2.45, 2.75) is 38.5 Å². The van der Waals surface area contributed by atoms with Crippen LogP contribution in [0.25, 0.3) is 0 Å². The van der Waals surface area contributed by atoms with Crippen LogP contribution < -0.4 is 10.6 Å². The van der Waals surface area contributed by atoms with E-state index in [1.54, 1.807) is 24.3 Å². The Kier molecular flexibility index (Phi) is 6.57. The largest absolute Gasteiger partial charge is 0.433 e. The summed E-state index contributed by atoms with van der Waals surface area (Å²) in [6.07, 6.45) is -2.54. The molecule has 0 radical (unpaired) electrons. The summed E-state index contributed by atoms with van der Waals surface area (Å²) in [6.45, 7) is 2.16. The van der Waals surface area contributed by atoms with E-state index in [9.17, 15) is 27.6 Å². The first-order valence-electron chi connectivity index (χ1n) is 9.63. The second-order valence-electron chi connectivity index (χ2n) is 7.18. The van der Waals surface area contributed by atoms with Crippen LogP contribution in [0.5, 0.6) is 0 Å². The lowest BCUT2D eigenvalue weighted by atomic mass is 10.1. The molecule has 0 saturated carbocycles. The number of anilines is 1. The summed E-state index contributed by atoms with van der Waals surface area (Å²) >= 11 is 0. The van der Waals surface area contributed by atoms with Crippen LogP contribution in [-0.4, -0.2) is 40.2 Å². The minimum atomic E-state index is -4.56. The van der Waals surface area contributed by atoms with Crippen molar-refractivity contribution >= 4 is 23.4 Å². The van der Waals surface area contributed by atoms with Crippen molar-refractivity contribution in [3.8, 4) is 0 Å². The highest BCUT2D eigenvalue weighted by atomic mass is 19.4. The molecule has 10 heteroatoms. The SMILES string of the molecule is CC(=O)NCc1ccc(C(=O)N2CCCC2C(=O)Nc2ccc(C(F)(F)F)nc2)cc1. The molecular formula is C21H21F3N4O3. The highest BCUT2D eigenvalue weighted by molar-refractivity contribution is 6.01. The summed E-state index contributed by atoms with van der Waals surface area (Å²) < 4.78 is 37.9. The lowest BCUT2D eigenvalue weighted by Gasteiger charge is -2.24. The smallest absolute Gasteiger partial charge is 0.352 e. The highest BCUT2D eigenvalue weighted by Crippen LogP contribution is 2.28. The standard InChI is InChI=1S/C21H21F3N4O3/c1-13(29)25-11-14-4-6-15(7-5-14)20(31)28-10-2-3-17(28)19(30)27-16-8-9-18(26-12-16)21(22,23)24/h4-9,12,17H,2-3,10-11H2,1H3,(H,25,29)(H,27,30). The topological polar surface area (TPSA) is 91.4 Å². The van der Waals surface area contributed by atoms with Crippen LogP contribution in [0.2, 0.25) is 0 Å². The number of rotatable bonds is 5. The fourth-order valence-corrected chi connectivity index (χ4v) is 3.30. The number of nitrogens with zero attached hydrogens (tertiary/aromatic N) is 2. The number of carbonyl (C=O) groups excluding carboxylic acids is 3. The van der Waals surface area contributed by atoms with E-state index in [1.165, 1.54) is 11.8 Å². The second-order valence-corrected chi connectivity index (χ2v) is 7.18. The van der Waals surface area contributed by atoms with E-state index in [4.69, 9.17) is 0 Å². The van der Waals surface area contributed by atoms with Gasteiger partial charge >= 0.3 is 6.18 Å². The molecule has 2 heterocycles. The van der Waals surface area contributed by atoms with Crippen LogP contribution in [0.1, 0.15) is 41.4 Å². The molecule has 2 aromatic rings. The molecule has 1 aliphatic heterocycles. The molecule has 1 atom stereocenters. The van der Waals surface area contributed by atoms with Gasteiger partial charge in [0.1, 0.15) is 11.7 Å². The number of hydrogen-bond donors (Lipinski definition) is 2. The third-order valence-corrected chi connectivity index (χ3v) is 4.88. The van der Waals surface area contributed by atoms with Gasteiger partial charge in [-0.1, -0.05) is 12.1 Å². The van der Waals surface area contributed by atoms with Crippen LogP contribution in [0.15, 0.2) is 42.6 Å². The second kappa shape index (κ2) is 9.15. The molecule has 1 aromatic heterocycles. The van der Waals surface area contributed by atoms with Crippen molar-refractivity contribution in [1.82, 2.24) is 15.2 Å². The van der Waals surface area contributed by atoms with Gasteiger partial charge in [0.25, 0.3) is 5.91 Å². The van der Waals surface area contributed by atoms with Gasteiger partial charge in [-0.3, -0.25) is 14.4 Å². The number of amides is 3. The molecular weight excluding hydrogens is 413 g/mol. The molecule has 3 amide bonds. The highest BCUT2D eigenvalue weighted by Gasteiger charge is 2.35. The number of aromatic nitrogens is 1. The molecule has 31 heavy (non-hydrogen) atoms. The Balaban J connectivity index is 1.65. The molecule has 2 N–H and O–H groups in total. The molecule has 1 aromatic carbocycles. The van der Waals surface area contributed by atoms with E-state index < -0.39 is 23.8 Å². The van der Waals surface area contributed by atoms with Crippen LogP contribution >= 0.6 is 0 Å². The fraction of sp³-hybridized carbons (Fsp3) is 0.333. The van der Waals surface area contributed by atoms with Crippen LogP contribution in [0.4, 0.5) is 18.9 Å². The number of benzene rings is 1. The van der Waals surface area contributed by atoms with Gasteiger partial charge in [0, 0.05) is 25.6 Å². The van der Waals surface area contributed by atoms with E-state index in [0.717, 1.165) is 23.9 Å². The predicted molar refractivity (Wildman–Crippen MR) is 106 cm³/mol. The van der Waals surface area contributed by atoms with Gasteiger partial charge < -0.3 is 15.5 Å². The monoisotopic (exact) mass is 434 g/mol. The first-order valence-corrected chi connectivity index (χ1v) is 9.63. The first kappa shape index (κ1) is 22.3. The molecule has 164 valence electrons. The van der Waals surface area contributed by atoms with Crippen molar-refractivity contribution in [3.63, 3.8) is 0 Å². The molecule has 0 spiro atoms. The van der Waals surface area contributed by atoms with Crippen molar-refractivity contribution in [3.05, 3.63) is 59.4 Å². The average Bonchev–Trinajstić information content (AvgIpc) is 3.22. The molecule has 7 nitrogen and oxygen atoms in total. The average molecular weight is 434 g/mol. The third-order valence-electron chi connectivity index (χ3n) is 4.88. The molecule has 1 saturated heterocycles. The Morgan fingerprint density at radius 2 is 1.84 bits per heavy atom. The van der Waals surface area contributed by atoms with Crippen LogP contribution in [0, 0.1) is 0 Å². The van der Waals surface area contributed by atoms with E-state index in [-0.39, 0.29) is 17.5 Å². The van der Waals surface area contributed by atoms with Crippen LogP contribution in [-0.2, 0) is 22.3 Å². The van der Waals surface area contributed by atoms with E-state index in [2.05, 4.69) is 15.6 Å². The zero-order valence-electron chi connectivity index (χ0n) is 16.7. The van der Waals surface area contributed by atoms with Gasteiger partial charge in [0.05, 0.1) is 11.9 Å². The van der Waals surface area contributed by atoms with Crippen molar-refractivity contribution in [2.75, 3.05) is 11.9 Å². The quantitative estimate of drug-likeness (QED) is 0.757. The number of likely N-dealkylation sites (tertiary alicyclic amines) is 1. The summed E-state index contributed by atoms with van der Waals surface area (Å²) in [6, 6.07) is 7.90. The van der Waals surface area contributed by atoms with Gasteiger partial charge in [-0.15, -0.1) is 0 Å². The summed E-state index contributed by atoms with van der Waals surface area (Å²) in [4.78, 5) is 41.3. The maximum absolute atomic E-state index is 12.9. The molecule has 0 aliphatic carbocycles. The number of carbonyl (C=O) groups is 3. The molecule has 0 bridgehead atoms. The maximum atomic E-state index is 12.9. The Bertz CT molecular complexity index is 959. The number of alkyl halides is 3. The molecule has 3 rings (SSSR count). The number of pyridine rings is 1. The molecule has 1 fully saturated rings. The lowest BCUT2D eigenvalue weighted by molar-refractivity contribution is -0.141. The Hall–Kier alpha value is -3.43. The number of halogens is 3. The summed E-state index contributed by atoms with van der Waals surface area (Å²) in [5, 5.41) is 5.20. The predicted octanol–water partition coefficient (Wildman–Crippen LogP) is 2.98. The maximum Gasteiger partial charge on any atom is 0.433 e. The Morgan fingerprint density at radius 3 is 2.42 bits per heavy atom. The summed E-state index contributed by atoms with van der Waals surface area (Å²) in [7, 11) is 0. The third kappa shape index (κ3) is 5.59. The lowest BCUT2D eigenvalue weighted by Crippen LogP contribution is -2.43.